The molecule has 6 heteroatoms. The summed E-state index contributed by atoms with van der Waals surface area (Å²) in [7, 11) is 1.62. The third kappa shape index (κ3) is 5.31. The topological polar surface area (TPSA) is 67.3 Å². The zero-order valence-corrected chi connectivity index (χ0v) is 17.2. The summed E-state index contributed by atoms with van der Waals surface area (Å²) in [5.41, 5.74) is 2.96. The fraction of sp³-hybridized carbons (Fsp3) is 0.261. The number of hydrogen-bond acceptors (Lipinski definition) is 5. The van der Waals surface area contributed by atoms with Crippen molar-refractivity contribution < 1.29 is 9.53 Å². The summed E-state index contributed by atoms with van der Waals surface area (Å²) in [6, 6.07) is 19.2. The Hall–Kier alpha value is -3.41. The Morgan fingerprint density at radius 3 is 2.52 bits per heavy atom. The predicted octanol–water partition coefficient (Wildman–Crippen LogP) is 4.59. The molecule has 29 heavy (non-hydrogen) atoms. The van der Waals surface area contributed by atoms with Gasteiger partial charge in [-0.3, -0.25) is 4.79 Å². The van der Waals surface area contributed by atoms with Crippen LogP contribution >= 0.6 is 0 Å². The number of carbonyl (C=O) groups excluding carboxylic acids is 1. The number of carbonyl (C=O) groups is 1. The molecule has 1 amide bonds. The first-order valence-corrected chi connectivity index (χ1v) is 9.58. The SMILES string of the molecule is COc1cccc(Nc2nc(C)cc(C(=O)N(Cc3ccccc3)C(C)C)n2)c1. The van der Waals surface area contributed by atoms with Crippen molar-refractivity contribution in [2.24, 2.45) is 0 Å². The number of aromatic nitrogens is 2. The second-order valence-electron chi connectivity index (χ2n) is 7.09. The highest BCUT2D eigenvalue weighted by atomic mass is 16.5. The van der Waals surface area contributed by atoms with Gasteiger partial charge in [0.25, 0.3) is 5.91 Å². The van der Waals surface area contributed by atoms with Gasteiger partial charge in [0.05, 0.1) is 7.11 Å². The van der Waals surface area contributed by atoms with Crippen LogP contribution in [-0.4, -0.2) is 33.9 Å². The van der Waals surface area contributed by atoms with Crippen LogP contribution < -0.4 is 10.1 Å². The largest absolute Gasteiger partial charge is 0.497 e. The lowest BCUT2D eigenvalue weighted by Crippen LogP contribution is -2.37. The van der Waals surface area contributed by atoms with Crippen LogP contribution in [0.2, 0.25) is 0 Å². The Labute approximate surface area is 171 Å². The molecule has 3 aromatic rings. The number of benzene rings is 2. The number of rotatable bonds is 7. The first-order chi connectivity index (χ1) is 14.0. The highest BCUT2D eigenvalue weighted by Gasteiger charge is 2.21. The van der Waals surface area contributed by atoms with Gasteiger partial charge in [0.2, 0.25) is 5.95 Å². The van der Waals surface area contributed by atoms with Crippen LogP contribution in [0, 0.1) is 6.92 Å². The fourth-order valence-electron chi connectivity index (χ4n) is 2.98. The van der Waals surface area contributed by atoms with E-state index in [9.17, 15) is 4.79 Å². The minimum absolute atomic E-state index is 0.0350. The highest BCUT2D eigenvalue weighted by Crippen LogP contribution is 2.20. The van der Waals surface area contributed by atoms with E-state index in [-0.39, 0.29) is 11.9 Å². The Morgan fingerprint density at radius 2 is 1.83 bits per heavy atom. The number of aryl methyl sites for hydroxylation is 1. The zero-order valence-electron chi connectivity index (χ0n) is 17.2. The Morgan fingerprint density at radius 1 is 1.07 bits per heavy atom. The van der Waals surface area contributed by atoms with E-state index in [1.165, 1.54) is 0 Å². The monoisotopic (exact) mass is 390 g/mol. The number of hydrogen-bond donors (Lipinski definition) is 1. The van der Waals surface area contributed by atoms with E-state index in [2.05, 4.69) is 15.3 Å². The molecule has 0 saturated heterocycles. The summed E-state index contributed by atoms with van der Waals surface area (Å²) >= 11 is 0. The minimum Gasteiger partial charge on any atom is -0.497 e. The smallest absolute Gasteiger partial charge is 0.273 e. The van der Waals surface area contributed by atoms with Crippen LogP contribution in [0.15, 0.2) is 60.7 Å². The Bertz CT molecular complexity index is 974. The number of nitrogens with one attached hydrogen (secondary N) is 1. The van der Waals surface area contributed by atoms with Crippen molar-refractivity contribution in [3.05, 3.63) is 77.6 Å². The molecule has 0 radical (unpaired) electrons. The van der Waals surface area contributed by atoms with E-state index in [0.717, 1.165) is 22.7 Å². The van der Waals surface area contributed by atoms with Crippen molar-refractivity contribution in [3.8, 4) is 5.75 Å². The van der Waals surface area contributed by atoms with Crippen LogP contribution in [0.4, 0.5) is 11.6 Å². The van der Waals surface area contributed by atoms with Crippen molar-refractivity contribution in [3.63, 3.8) is 0 Å². The van der Waals surface area contributed by atoms with Gasteiger partial charge in [-0.15, -0.1) is 0 Å². The van der Waals surface area contributed by atoms with Gasteiger partial charge in [-0.1, -0.05) is 36.4 Å². The normalized spacial score (nSPS) is 10.7. The van der Waals surface area contributed by atoms with E-state index in [1.807, 2.05) is 80.3 Å². The number of amides is 1. The fourth-order valence-corrected chi connectivity index (χ4v) is 2.98. The van der Waals surface area contributed by atoms with Crippen molar-refractivity contribution in [1.29, 1.82) is 0 Å². The molecular formula is C23H26N4O2. The zero-order chi connectivity index (χ0) is 20.8. The van der Waals surface area contributed by atoms with Crippen LogP contribution in [0.3, 0.4) is 0 Å². The van der Waals surface area contributed by atoms with E-state index >= 15 is 0 Å². The minimum atomic E-state index is -0.122. The second-order valence-corrected chi connectivity index (χ2v) is 7.09. The molecule has 1 heterocycles. The molecule has 0 aliphatic heterocycles. The van der Waals surface area contributed by atoms with Gasteiger partial charge in [-0.2, -0.15) is 0 Å². The first kappa shape index (κ1) is 20.3. The molecule has 0 unspecified atom stereocenters. The van der Waals surface area contributed by atoms with E-state index in [4.69, 9.17) is 4.74 Å². The van der Waals surface area contributed by atoms with Gasteiger partial charge in [0.15, 0.2) is 0 Å². The van der Waals surface area contributed by atoms with E-state index < -0.39 is 0 Å². The lowest BCUT2D eigenvalue weighted by atomic mass is 10.1. The quantitative estimate of drug-likeness (QED) is 0.639. The summed E-state index contributed by atoms with van der Waals surface area (Å²) in [4.78, 5) is 23.9. The first-order valence-electron chi connectivity index (χ1n) is 9.58. The number of anilines is 2. The van der Waals surface area contributed by atoms with Crippen LogP contribution in [0.25, 0.3) is 0 Å². The molecule has 3 rings (SSSR count). The molecule has 1 aromatic heterocycles. The van der Waals surface area contributed by atoms with Gasteiger partial charge in [-0.25, -0.2) is 9.97 Å². The highest BCUT2D eigenvalue weighted by molar-refractivity contribution is 5.93. The van der Waals surface area contributed by atoms with Gasteiger partial charge in [-0.05, 0) is 44.5 Å². The molecule has 150 valence electrons. The molecule has 0 aliphatic carbocycles. The molecule has 0 fully saturated rings. The molecule has 6 nitrogen and oxygen atoms in total. The lowest BCUT2D eigenvalue weighted by molar-refractivity contribution is 0.0684. The van der Waals surface area contributed by atoms with Crippen LogP contribution in [0.5, 0.6) is 5.75 Å². The van der Waals surface area contributed by atoms with Crippen molar-refractivity contribution in [1.82, 2.24) is 14.9 Å². The van der Waals surface area contributed by atoms with Crippen LogP contribution in [0.1, 0.15) is 35.6 Å². The number of ether oxygens (including phenoxy) is 1. The Balaban J connectivity index is 1.85. The van der Waals surface area contributed by atoms with Crippen LogP contribution in [-0.2, 0) is 6.54 Å². The maximum absolute atomic E-state index is 13.2. The molecule has 0 atom stereocenters. The summed E-state index contributed by atoms with van der Waals surface area (Å²) in [6.07, 6.45) is 0. The van der Waals surface area contributed by atoms with Crippen molar-refractivity contribution in [2.45, 2.75) is 33.4 Å². The molecule has 0 bridgehead atoms. The molecule has 0 saturated carbocycles. The van der Waals surface area contributed by atoms with Gasteiger partial charge in [0, 0.05) is 30.0 Å². The summed E-state index contributed by atoms with van der Waals surface area (Å²) in [6.45, 7) is 6.39. The predicted molar refractivity (Wildman–Crippen MR) is 114 cm³/mol. The van der Waals surface area contributed by atoms with Gasteiger partial charge in [0.1, 0.15) is 11.4 Å². The molecule has 0 aliphatic rings. The number of nitrogens with zero attached hydrogens (tertiary/aromatic N) is 3. The molecular weight excluding hydrogens is 364 g/mol. The second kappa shape index (κ2) is 9.19. The Kier molecular flexibility index (Phi) is 6.44. The third-order valence-electron chi connectivity index (χ3n) is 4.48. The summed E-state index contributed by atoms with van der Waals surface area (Å²) < 4.78 is 5.25. The summed E-state index contributed by atoms with van der Waals surface area (Å²) in [5, 5.41) is 3.16. The van der Waals surface area contributed by atoms with Crippen molar-refractivity contribution >= 4 is 17.5 Å². The molecule has 0 spiro atoms. The van der Waals surface area contributed by atoms with Crippen molar-refractivity contribution in [2.75, 3.05) is 12.4 Å². The number of methoxy groups -OCH3 is 1. The average Bonchev–Trinajstić information content (AvgIpc) is 2.72. The molecule has 2 aromatic carbocycles. The summed E-state index contributed by atoms with van der Waals surface area (Å²) in [5.74, 6) is 0.987. The maximum atomic E-state index is 13.2. The van der Waals surface area contributed by atoms with E-state index in [1.54, 1.807) is 13.2 Å². The standard InChI is InChI=1S/C23H26N4O2/c1-16(2)27(15-18-9-6-5-7-10-18)22(28)21-13-17(3)24-23(26-21)25-19-11-8-12-20(14-19)29-4/h5-14,16H,15H2,1-4H3,(H,24,25,26). The maximum Gasteiger partial charge on any atom is 0.273 e. The van der Waals surface area contributed by atoms with E-state index in [0.29, 0.717) is 18.2 Å². The van der Waals surface area contributed by atoms with Gasteiger partial charge < -0.3 is 15.0 Å². The van der Waals surface area contributed by atoms with Gasteiger partial charge >= 0.3 is 0 Å². The molecule has 1 N–H and O–H groups in total. The third-order valence-corrected chi connectivity index (χ3v) is 4.48. The average molecular weight is 390 g/mol. The lowest BCUT2D eigenvalue weighted by Gasteiger charge is -2.26.